The van der Waals surface area contributed by atoms with Gasteiger partial charge in [0, 0.05) is 41.8 Å². The average Bonchev–Trinajstić information content (AvgIpc) is 2.80. The summed E-state index contributed by atoms with van der Waals surface area (Å²) in [6.07, 6.45) is 3.97. The zero-order chi connectivity index (χ0) is 19.0. The number of hydrogen-bond acceptors (Lipinski definition) is 3. The van der Waals surface area contributed by atoms with Gasteiger partial charge in [-0.3, -0.25) is 9.79 Å². The molecule has 0 spiro atoms. The van der Waals surface area contributed by atoms with Crippen LogP contribution in [-0.4, -0.2) is 16.5 Å². The third-order valence-electron chi connectivity index (χ3n) is 4.78. The Hall–Kier alpha value is -2.66. The molecule has 0 fully saturated rings. The quantitative estimate of drug-likeness (QED) is 0.677. The van der Waals surface area contributed by atoms with Gasteiger partial charge < -0.3 is 4.57 Å². The lowest BCUT2D eigenvalue weighted by atomic mass is 9.92. The van der Waals surface area contributed by atoms with E-state index in [0.29, 0.717) is 6.54 Å². The lowest BCUT2D eigenvalue weighted by Gasteiger charge is -2.14. The highest BCUT2D eigenvalue weighted by atomic mass is 32.2. The minimum Gasteiger partial charge on any atom is -0.318 e. The first kappa shape index (κ1) is 17.7. The van der Waals surface area contributed by atoms with E-state index in [0.717, 1.165) is 39.3 Å². The zero-order valence-corrected chi connectivity index (χ0v) is 16.0. The van der Waals surface area contributed by atoms with Gasteiger partial charge in [-0.2, -0.15) is 11.8 Å². The van der Waals surface area contributed by atoms with Gasteiger partial charge in [-0.15, -0.1) is 0 Å². The molecule has 0 bridgehead atoms. The summed E-state index contributed by atoms with van der Waals surface area (Å²) in [5.74, 6) is 0.645. The molecule has 3 nitrogen and oxygen atoms in total. The van der Waals surface area contributed by atoms with E-state index in [2.05, 4.69) is 24.5 Å². The molecule has 1 aliphatic heterocycles. The Kier molecular flexibility index (Phi) is 4.70. The van der Waals surface area contributed by atoms with E-state index in [9.17, 15) is 9.18 Å². The van der Waals surface area contributed by atoms with Gasteiger partial charge in [-0.1, -0.05) is 12.1 Å². The van der Waals surface area contributed by atoms with Crippen molar-refractivity contribution in [2.45, 2.75) is 12.3 Å². The molecular formula is C22H19FN2OS. The van der Waals surface area contributed by atoms with Crippen molar-refractivity contribution >= 4 is 17.5 Å². The molecule has 2 aromatic carbocycles. The highest BCUT2D eigenvalue weighted by Crippen LogP contribution is 2.33. The maximum absolute atomic E-state index is 13.4. The summed E-state index contributed by atoms with van der Waals surface area (Å²) < 4.78 is 15.0. The highest BCUT2D eigenvalue weighted by molar-refractivity contribution is 7.97. The van der Waals surface area contributed by atoms with Crippen LogP contribution in [0.5, 0.6) is 0 Å². The molecule has 0 radical (unpaired) electrons. The van der Waals surface area contributed by atoms with E-state index in [1.165, 1.54) is 17.7 Å². The summed E-state index contributed by atoms with van der Waals surface area (Å²) in [5, 5.41) is 0. The maximum Gasteiger partial charge on any atom is 0.250 e. The van der Waals surface area contributed by atoms with Crippen LogP contribution >= 0.6 is 11.8 Å². The van der Waals surface area contributed by atoms with Crippen molar-refractivity contribution < 1.29 is 4.39 Å². The lowest BCUT2D eigenvalue weighted by molar-refractivity contribution is 0.628. The summed E-state index contributed by atoms with van der Waals surface area (Å²) in [7, 11) is 1.76. The third kappa shape index (κ3) is 3.35. The van der Waals surface area contributed by atoms with Crippen molar-refractivity contribution in [1.29, 1.82) is 0 Å². The average molecular weight is 378 g/mol. The van der Waals surface area contributed by atoms with Gasteiger partial charge in [0.05, 0.1) is 12.3 Å². The van der Waals surface area contributed by atoms with Crippen molar-refractivity contribution in [3.05, 3.63) is 93.2 Å². The molecule has 2 heterocycles. The van der Waals surface area contributed by atoms with E-state index in [-0.39, 0.29) is 11.4 Å². The second kappa shape index (κ2) is 7.16. The van der Waals surface area contributed by atoms with E-state index in [4.69, 9.17) is 4.99 Å². The Labute approximate surface area is 161 Å². The first-order chi connectivity index (χ1) is 13.1. The van der Waals surface area contributed by atoms with E-state index in [1.807, 2.05) is 6.20 Å². The molecule has 4 rings (SSSR count). The van der Waals surface area contributed by atoms with Gasteiger partial charge in [0.25, 0.3) is 5.56 Å². The third-order valence-corrected chi connectivity index (χ3v) is 5.40. The number of aliphatic imine (C=N–C) groups is 1. The fraction of sp³-hybridized carbons (Fsp3) is 0.182. The number of pyridine rings is 1. The van der Waals surface area contributed by atoms with Crippen molar-refractivity contribution in [3.8, 4) is 11.1 Å². The van der Waals surface area contributed by atoms with Crippen LogP contribution in [0.25, 0.3) is 11.1 Å². The molecule has 5 heteroatoms. The molecule has 1 aromatic heterocycles. The summed E-state index contributed by atoms with van der Waals surface area (Å²) >= 11 is 1.77. The van der Waals surface area contributed by atoms with E-state index in [1.54, 1.807) is 41.6 Å². The molecule has 1 aliphatic rings. The molecule has 0 amide bonds. The van der Waals surface area contributed by atoms with Crippen LogP contribution in [-0.2, 0) is 19.3 Å². The van der Waals surface area contributed by atoms with Gasteiger partial charge >= 0.3 is 0 Å². The molecule has 0 N–H and O–H groups in total. The molecule has 0 atom stereocenters. The van der Waals surface area contributed by atoms with Crippen LogP contribution in [0.1, 0.15) is 22.3 Å². The largest absolute Gasteiger partial charge is 0.318 e. The number of thioether (sulfide) groups is 1. The predicted molar refractivity (Wildman–Crippen MR) is 110 cm³/mol. The normalized spacial score (nSPS) is 12.8. The number of fused-ring (bicyclic) bond motifs is 3. The molecular weight excluding hydrogens is 359 g/mol. The highest BCUT2D eigenvalue weighted by Gasteiger charge is 2.20. The van der Waals surface area contributed by atoms with Gasteiger partial charge in [0.1, 0.15) is 5.82 Å². The Morgan fingerprint density at radius 2 is 1.85 bits per heavy atom. The molecule has 136 valence electrons. The standard InChI is InChI=1S/C22H19FN2OS/c1-25-12-20-16(10-21(25)26)11-24-22(15-4-6-17(23)7-5-15)18-8-3-14(13-27-2)9-19(18)20/h3-10,12H,11,13H2,1-2H3. The van der Waals surface area contributed by atoms with Crippen LogP contribution in [0.4, 0.5) is 4.39 Å². The summed E-state index contributed by atoms with van der Waals surface area (Å²) in [6.45, 7) is 0.421. The van der Waals surface area contributed by atoms with Crippen molar-refractivity contribution in [3.63, 3.8) is 0 Å². The number of rotatable bonds is 3. The number of nitrogens with zero attached hydrogens (tertiary/aromatic N) is 2. The summed E-state index contributed by atoms with van der Waals surface area (Å²) in [4.78, 5) is 16.9. The number of benzene rings is 2. The van der Waals surface area contributed by atoms with Crippen molar-refractivity contribution in [2.75, 3.05) is 6.26 Å². The molecule has 0 saturated heterocycles. The van der Waals surface area contributed by atoms with Crippen LogP contribution in [0.3, 0.4) is 0 Å². The number of aromatic nitrogens is 1. The van der Waals surface area contributed by atoms with Crippen LogP contribution in [0, 0.1) is 5.82 Å². The van der Waals surface area contributed by atoms with Gasteiger partial charge in [0.2, 0.25) is 0 Å². The van der Waals surface area contributed by atoms with Crippen LogP contribution in [0.2, 0.25) is 0 Å². The van der Waals surface area contributed by atoms with E-state index < -0.39 is 0 Å². The topological polar surface area (TPSA) is 34.4 Å². The van der Waals surface area contributed by atoms with Crippen LogP contribution in [0.15, 0.2) is 64.5 Å². The second-order valence-electron chi connectivity index (χ2n) is 6.65. The van der Waals surface area contributed by atoms with Crippen molar-refractivity contribution in [1.82, 2.24) is 4.57 Å². The van der Waals surface area contributed by atoms with Crippen molar-refractivity contribution in [2.24, 2.45) is 12.0 Å². The fourth-order valence-electron chi connectivity index (χ4n) is 3.42. The molecule has 0 saturated carbocycles. The lowest BCUT2D eigenvalue weighted by Crippen LogP contribution is -2.16. The first-order valence-electron chi connectivity index (χ1n) is 8.69. The Bertz CT molecular complexity index is 1100. The Morgan fingerprint density at radius 1 is 1.07 bits per heavy atom. The smallest absolute Gasteiger partial charge is 0.250 e. The SMILES string of the molecule is CSCc1ccc2c(c1)-c1cn(C)c(=O)cc1CN=C2c1ccc(F)cc1. The summed E-state index contributed by atoms with van der Waals surface area (Å²) in [6, 6.07) is 14.5. The van der Waals surface area contributed by atoms with Gasteiger partial charge in [0.15, 0.2) is 0 Å². The second-order valence-corrected chi connectivity index (χ2v) is 7.51. The zero-order valence-electron chi connectivity index (χ0n) is 15.2. The number of halogens is 1. The Balaban J connectivity index is 1.97. The monoisotopic (exact) mass is 378 g/mol. The summed E-state index contributed by atoms with van der Waals surface area (Å²) in [5.41, 5.74) is 6.88. The molecule has 3 aromatic rings. The molecule has 27 heavy (non-hydrogen) atoms. The predicted octanol–water partition coefficient (Wildman–Crippen LogP) is 4.41. The molecule has 0 unspecified atom stereocenters. The number of hydrogen-bond donors (Lipinski definition) is 0. The van der Waals surface area contributed by atoms with Gasteiger partial charge in [-0.25, -0.2) is 4.39 Å². The van der Waals surface area contributed by atoms with E-state index >= 15 is 0 Å². The first-order valence-corrected chi connectivity index (χ1v) is 10.1. The fourth-order valence-corrected chi connectivity index (χ4v) is 3.94. The number of aryl methyl sites for hydroxylation is 1. The van der Waals surface area contributed by atoms with Gasteiger partial charge in [-0.05, 0) is 53.3 Å². The maximum atomic E-state index is 13.4. The Morgan fingerprint density at radius 3 is 2.59 bits per heavy atom. The van der Waals surface area contributed by atoms with Crippen LogP contribution < -0.4 is 5.56 Å². The molecule has 0 aliphatic carbocycles. The minimum atomic E-state index is -0.269. The minimum absolute atomic E-state index is 0.0454.